The molecule has 0 radical (unpaired) electrons. The van der Waals surface area contributed by atoms with E-state index in [2.05, 4.69) is 20.6 Å². The van der Waals surface area contributed by atoms with E-state index in [-0.39, 0.29) is 0 Å². The molecule has 26 heavy (non-hydrogen) atoms. The fraction of sp³-hybridized carbons (Fsp3) is 0.316. The van der Waals surface area contributed by atoms with Crippen LogP contribution in [0, 0.1) is 11.5 Å². The third-order valence-corrected chi connectivity index (χ3v) is 3.81. The molecule has 0 atom stereocenters. The number of ether oxygens (including phenoxy) is 1. The minimum absolute atomic E-state index is 0.463. The summed E-state index contributed by atoms with van der Waals surface area (Å²) in [6.45, 7) is 1.35. The summed E-state index contributed by atoms with van der Waals surface area (Å²) >= 11 is 5.84. The van der Waals surface area contributed by atoms with Gasteiger partial charge in [0.05, 0.1) is 12.3 Å². The van der Waals surface area contributed by atoms with Crippen LogP contribution < -0.4 is 20.4 Å². The summed E-state index contributed by atoms with van der Waals surface area (Å²) in [4.78, 5) is 7.35. The van der Waals surface area contributed by atoms with Gasteiger partial charge in [-0.25, -0.2) is 4.98 Å². The minimum Gasteiger partial charge on any atom is -0.494 e. The zero-order valence-electron chi connectivity index (χ0n) is 14.5. The Morgan fingerprint density at radius 1 is 1.08 bits per heavy atom. The van der Waals surface area contributed by atoms with Crippen LogP contribution in [-0.4, -0.2) is 19.1 Å². The van der Waals surface area contributed by atoms with Crippen LogP contribution in [0.25, 0.3) is 0 Å². The van der Waals surface area contributed by atoms with Crippen LogP contribution in [0.4, 0.5) is 5.69 Å². The molecular formula is C19H23ClN5O+. The zero-order chi connectivity index (χ0) is 18.5. The van der Waals surface area contributed by atoms with Crippen molar-refractivity contribution in [3.05, 3.63) is 53.8 Å². The Balaban J connectivity index is 1.59. The Morgan fingerprint density at radius 2 is 1.81 bits per heavy atom. The molecule has 0 saturated carbocycles. The van der Waals surface area contributed by atoms with Crippen molar-refractivity contribution in [2.45, 2.75) is 25.7 Å². The predicted molar refractivity (Wildman–Crippen MR) is 103 cm³/mol. The number of hydrogen-bond donors (Lipinski definition) is 2. The number of aliphatic imine (C=N–C) groups is 1. The number of unbranched alkanes of at least 4 members (excludes halogenated alkanes) is 3. The maximum atomic E-state index is 8.81. The van der Waals surface area contributed by atoms with Crippen molar-refractivity contribution in [2.24, 2.45) is 4.99 Å². The summed E-state index contributed by atoms with van der Waals surface area (Å²) in [5, 5.41) is 15.2. The minimum atomic E-state index is 0.463. The van der Waals surface area contributed by atoms with Crippen molar-refractivity contribution in [1.82, 2.24) is 5.32 Å². The summed E-state index contributed by atoms with van der Waals surface area (Å²) < 4.78 is 5.66. The van der Waals surface area contributed by atoms with Gasteiger partial charge in [0, 0.05) is 23.7 Å². The van der Waals surface area contributed by atoms with Crippen LogP contribution in [0.1, 0.15) is 25.7 Å². The number of nitrogens with one attached hydrogen (secondary N) is 3. The van der Waals surface area contributed by atoms with E-state index >= 15 is 0 Å². The fourth-order valence-corrected chi connectivity index (χ4v) is 2.38. The summed E-state index contributed by atoms with van der Waals surface area (Å²) in [7, 11) is 0. The van der Waals surface area contributed by atoms with E-state index in [4.69, 9.17) is 21.6 Å². The highest BCUT2D eigenvalue weighted by Crippen LogP contribution is 2.15. The molecule has 0 aliphatic carbocycles. The van der Waals surface area contributed by atoms with Gasteiger partial charge in [-0.3, -0.25) is 10.3 Å². The molecule has 0 amide bonds. The van der Waals surface area contributed by atoms with Crippen molar-refractivity contribution in [3.63, 3.8) is 0 Å². The molecule has 0 saturated heterocycles. The van der Waals surface area contributed by atoms with Crippen LogP contribution in [0.15, 0.2) is 53.8 Å². The smallest absolute Gasteiger partial charge is 0.209 e. The molecule has 0 fully saturated rings. The summed E-state index contributed by atoms with van der Waals surface area (Å²) in [6.07, 6.45) is 9.60. The largest absolute Gasteiger partial charge is 0.494 e. The highest BCUT2D eigenvalue weighted by molar-refractivity contribution is 6.30. The van der Waals surface area contributed by atoms with Gasteiger partial charge < -0.3 is 10.1 Å². The van der Waals surface area contributed by atoms with Crippen LogP contribution in [-0.2, 0) is 0 Å². The number of nitriles is 1. The second-order valence-corrected chi connectivity index (χ2v) is 6.03. The van der Waals surface area contributed by atoms with Gasteiger partial charge in [0.15, 0.2) is 18.6 Å². The van der Waals surface area contributed by atoms with E-state index in [1.807, 2.05) is 42.6 Å². The Hall–Kier alpha value is -2.78. The summed E-state index contributed by atoms with van der Waals surface area (Å²) in [5.41, 5.74) is 0.865. The maximum Gasteiger partial charge on any atom is 0.209 e. The lowest BCUT2D eigenvalue weighted by atomic mass is 10.2. The first-order chi connectivity index (χ1) is 12.8. The highest BCUT2D eigenvalue weighted by Gasteiger charge is 2.00. The van der Waals surface area contributed by atoms with E-state index in [9.17, 15) is 0 Å². The quantitative estimate of drug-likeness (QED) is 0.231. The van der Waals surface area contributed by atoms with Gasteiger partial charge in [0.1, 0.15) is 5.75 Å². The van der Waals surface area contributed by atoms with Crippen LogP contribution in [0.5, 0.6) is 5.75 Å². The first-order valence-corrected chi connectivity index (χ1v) is 8.97. The van der Waals surface area contributed by atoms with E-state index in [1.54, 1.807) is 12.4 Å². The number of nitrogens with zero attached hydrogens (tertiary/aromatic N) is 2. The van der Waals surface area contributed by atoms with Crippen molar-refractivity contribution in [2.75, 3.05) is 18.5 Å². The maximum absolute atomic E-state index is 8.81. The lowest BCUT2D eigenvalue weighted by Gasteiger charge is -2.07. The van der Waals surface area contributed by atoms with E-state index in [0.29, 0.717) is 24.1 Å². The molecule has 0 aliphatic rings. The van der Waals surface area contributed by atoms with E-state index < -0.39 is 0 Å². The van der Waals surface area contributed by atoms with Crippen molar-refractivity contribution >= 4 is 23.2 Å². The second-order valence-electron chi connectivity index (χ2n) is 5.60. The molecule has 6 nitrogen and oxygen atoms in total. The van der Waals surface area contributed by atoms with Crippen LogP contribution in [0.2, 0.25) is 5.02 Å². The molecule has 2 rings (SSSR count). The average molecular weight is 373 g/mol. The van der Waals surface area contributed by atoms with Gasteiger partial charge in [-0.15, -0.1) is 0 Å². The van der Waals surface area contributed by atoms with E-state index in [0.717, 1.165) is 37.1 Å². The molecular weight excluding hydrogens is 350 g/mol. The molecule has 1 aromatic carbocycles. The number of halogens is 1. The second kappa shape index (κ2) is 11.7. The highest BCUT2D eigenvalue weighted by atomic mass is 35.5. The molecule has 0 unspecified atom stereocenters. The number of rotatable bonds is 9. The molecule has 2 aromatic rings. The standard InChI is InChI=1S/C19H22ClN5O/c20-16-5-7-18(8-6-16)26-14-4-2-1-3-11-23-19(24-15-21)25-17-9-12-22-13-10-17/h5-10,12-13H,1-4,11,14H2,(H2,22,23,24,25)/p+1. The number of aromatic nitrogens is 1. The molecule has 136 valence electrons. The van der Waals surface area contributed by atoms with Crippen molar-refractivity contribution < 1.29 is 9.72 Å². The number of hydrogen-bond acceptors (Lipinski definition) is 3. The topological polar surface area (TPSA) is 83.6 Å². The number of pyridine rings is 1. The van der Waals surface area contributed by atoms with Crippen molar-refractivity contribution in [1.29, 1.82) is 5.26 Å². The average Bonchev–Trinajstić information content (AvgIpc) is 2.66. The fourth-order valence-electron chi connectivity index (χ4n) is 2.25. The number of benzene rings is 1. The van der Waals surface area contributed by atoms with Gasteiger partial charge in [0.25, 0.3) is 0 Å². The number of aromatic amines is 1. The Bertz CT molecular complexity index is 713. The number of H-pyrrole nitrogens is 1. The molecule has 7 heteroatoms. The number of guanidine groups is 1. The zero-order valence-corrected chi connectivity index (χ0v) is 15.3. The normalized spacial score (nSPS) is 10.8. The Labute approximate surface area is 158 Å². The SMILES string of the molecule is N#CNC(=NCCCCCCOc1ccc(Cl)cc1)Nc1cc[nH+]cc1. The molecule has 0 bridgehead atoms. The first-order valence-electron chi connectivity index (χ1n) is 8.59. The summed E-state index contributed by atoms with van der Waals surface area (Å²) in [5.74, 6) is 1.31. The van der Waals surface area contributed by atoms with Crippen LogP contribution in [0.3, 0.4) is 0 Å². The van der Waals surface area contributed by atoms with Gasteiger partial charge in [-0.1, -0.05) is 18.0 Å². The summed E-state index contributed by atoms with van der Waals surface area (Å²) in [6, 6.07) is 11.1. The van der Waals surface area contributed by atoms with Gasteiger partial charge in [-0.2, -0.15) is 5.26 Å². The first kappa shape index (κ1) is 19.5. The third kappa shape index (κ3) is 7.86. The molecule has 0 spiro atoms. The molecule has 0 aliphatic heterocycles. The Kier molecular flexibility index (Phi) is 8.81. The lowest BCUT2D eigenvalue weighted by Crippen LogP contribution is -2.27. The molecule has 1 heterocycles. The predicted octanol–water partition coefficient (Wildman–Crippen LogP) is 3.63. The third-order valence-electron chi connectivity index (χ3n) is 3.56. The lowest BCUT2D eigenvalue weighted by molar-refractivity contribution is -0.377. The Morgan fingerprint density at radius 3 is 2.54 bits per heavy atom. The van der Waals surface area contributed by atoms with Crippen molar-refractivity contribution in [3.8, 4) is 11.9 Å². The van der Waals surface area contributed by atoms with Gasteiger partial charge in [-0.05, 0) is 43.5 Å². The van der Waals surface area contributed by atoms with Gasteiger partial charge in [0.2, 0.25) is 5.96 Å². The number of anilines is 1. The van der Waals surface area contributed by atoms with Crippen LogP contribution >= 0.6 is 11.6 Å². The monoisotopic (exact) mass is 372 g/mol. The van der Waals surface area contributed by atoms with E-state index in [1.165, 1.54) is 0 Å². The van der Waals surface area contributed by atoms with Gasteiger partial charge >= 0.3 is 0 Å². The molecule has 3 N–H and O–H groups in total. The molecule has 1 aromatic heterocycles.